The van der Waals surface area contributed by atoms with E-state index in [2.05, 4.69) is 0 Å². The van der Waals surface area contributed by atoms with Crippen LogP contribution in [-0.4, -0.2) is 48.0 Å². The molecule has 0 aromatic heterocycles. The first kappa shape index (κ1) is 19.9. The predicted octanol–water partition coefficient (Wildman–Crippen LogP) is 3.64. The molecule has 1 atom stereocenters. The van der Waals surface area contributed by atoms with Crippen LogP contribution in [0, 0.1) is 5.92 Å². The summed E-state index contributed by atoms with van der Waals surface area (Å²) in [5.41, 5.74) is 0. The number of rotatable bonds is 5. The van der Waals surface area contributed by atoms with Gasteiger partial charge in [0, 0.05) is 24.2 Å². The van der Waals surface area contributed by atoms with Gasteiger partial charge in [-0.1, -0.05) is 36.0 Å². The van der Waals surface area contributed by atoms with Crippen molar-refractivity contribution in [3.63, 3.8) is 0 Å². The average Bonchev–Trinajstić information content (AvgIpc) is 3.08. The van der Waals surface area contributed by atoms with E-state index in [0.29, 0.717) is 24.4 Å². The van der Waals surface area contributed by atoms with Gasteiger partial charge < -0.3 is 5.11 Å². The van der Waals surface area contributed by atoms with Crippen molar-refractivity contribution in [3.8, 4) is 0 Å². The Bertz CT molecular complexity index is 781. The molecule has 1 unspecified atom stereocenters. The quantitative estimate of drug-likeness (QED) is 0.786. The van der Waals surface area contributed by atoms with Crippen LogP contribution < -0.4 is 0 Å². The van der Waals surface area contributed by atoms with Crippen LogP contribution in [0.1, 0.15) is 38.5 Å². The molecule has 0 spiro atoms. The molecule has 1 saturated carbocycles. The van der Waals surface area contributed by atoms with Gasteiger partial charge in [0.1, 0.15) is 4.90 Å². The third-order valence-corrected chi connectivity index (χ3v) is 7.68. The lowest BCUT2D eigenvalue weighted by Crippen LogP contribution is -2.55. The molecule has 1 aromatic rings. The first-order valence-corrected chi connectivity index (χ1v) is 11.0. The highest BCUT2D eigenvalue weighted by molar-refractivity contribution is 7.89. The van der Waals surface area contributed by atoms with Gasteiger partial charge in [-0.15, -0.1) is 4.41 Å². The van der Waals surface area contributed by atoms with Crippen molar-refractivity contribution in [1.82, 2.24) is 9.42 Å². The Balaban J connectivity index is 1.99. The van der Waals surface area contributed by atoms with Gasteiger partial charge in [-0.25, -0.2) is 13.4 Å². The Morgan fingerprint density at radius 2 is 1.85 bits per heavy atom. The van der Waals surface area contributed by atoms with Crippen LogP contribution in [0.25, 0.3) is 0 Å². The van der Waals surface area contributed by atoms with Crippen LogP contribution >= 0.6 is 23.2 Å². The lowest BCUT2D eigenvalue weighted by atomic mass is 9.99. The van der Waals surface area contributed by atoms with Gasteiger partial charge in [0.15, 0.2) is 0 Å². The first-order chi connectivity index (χ1) is 12.3. The normalized spacial score (nSPS) is 22.8. The van der Waals surface area contributed by atoms with Gasteiger partial charge in [-0.2, -0.15) is 0 Å². The molecule has 0 radical (unpaired) electrons. The van der Waals surface area contributed by atoms with Crippen molar-refractivity contribution in [2.24, 2.45) is 5.92 Å². The fourth-order valence-electron chi connectivity index (χ4n) is 3.83. The monoisotopic (exact) mass is 420 g/mol. The fourth-order valence-corrected chi connectivity index (χ4v) is 6.33. The summed E-state index contributed by atoms with van der Waals surface area (Å²) in [6.45, 7) is 0.709. The Labute approximate surface area is 163 Å². The summed E-state index contributed by atoms with van der Waals surface area (Å²) in [6, 6.07) is 4.17. The number of hydrazine groups is 1. The topological polar surface area (TPSA) is 77.9 Å². The number of hydrogen-bond donors (Lipinski definition) is 1. The van der Waals surface area contributed by atoms with Crippen molar-refractivity contribution < 1.29 is 18.3 Å². The number of piperidine rings is 1. The maximum atomic E-state index is 13.4. The van der Waals surface area contributed by atoms with E-state index < -0.39 is 21.9 Å². The van der Waals surface area contributed by atoms with E-state index in [4.69, 9.17) is 23.2 Å². The Morgan fingerprint density at radius 3 is 2.46 bits per heavy atom. The van der Waals surface area contributed by atoms with Crippen molar-refractivity contribution >= 4 is 39.2 Å². The highest BCUT2D eigenvalue weighted by Crippen LogP contribution is 2.35. The van der Waals surface area contributed by atoms with Crippen molar-refractivity contribution in [1.29, 1.82) is 0 Å². The van der Waals surface area contributed by atoms with Crippen LogP contribution in [0.2, 0.25) is 10.0 Å². The zero-order valence-electron chi connectivity index (χ0n) is 14.3. The molecular formula is C17H22Cl2N2O4S. The molecule has 144 valence electrons. The molecule has 6 nitrogen and oxygen atoms in total. The first-order valence-electron chi connectivity index (χ1n) is 8.78. The number of nitrogens with zero attached hydrogens (tertiary/aromatic N) is 2. The summed E-state index contributed by atoms with van der Waals surface area (Å²) in [7, 11) is -3.90. The van der Waals surface area contributed by atoms with Crippen LogP contribution in [0.15, 0.2) is 23.1 Å². The summed E-state index contributed by atoms with van der Waals surface area (Å²) >= 11 is 12.1. The van der Waals surface area contributed by atoms with Crippen LogP contribution in [0.5, 0.6) is 0 Å². The number of carboxylic acids is 1. The Hall–Kier alpha value is -0.860. The van der Waals surface area contributed by atoms with E-state index in [1.165, 1.54) is 22.6 Å². The summed E-state index contributed by atoms with van der Waals surface area (Å²) in [5, 5.41) is 11.5. The van der Waals surface area contributed by atoms with E-state index in [9.17, 15) is 18.3 Å². The third-order valence-electron chi connectivity index (χ3n) is 5.08. The SMILES string of the molecule is O=C(O)C1CCCN(N(C2CCCC2)S(=O)(=O)c2ccc(Cl)cc2Cl)C1. The van der Waals surface area contributed by atoms with Gasteiger partial charge in [-0.05, 0) is 43.9 Å². The van der Waals surface area contributed by atoms with Gasteiger partial charge in [-0.3, -0.25) is 4.79 Å². The molecule has 1 N–H and O–H groups in total. The molecule has 1 aromatic carbocycles. The Kier molecular flexibility index (Phi) is 6.14. The number of hydrogen-bond acceptors (Lipinski definition) is 4. The minimum absolute atomic E-state index is 0.00733. The number of halogens is 2. The predicted molar refractivity (Wildman–Crippen MR) is 99.7 cm³/mol. The van der Waals surface area contributed by atoms with Crippen molar-refractivity contribution in [2.75, 3.05) is 13.1 Å². The maximum Gasteiger partial charge on any atom is 0.307 e. The molecule has 2 aliphatic rings. The van der Waals surface area contributed by atoms with E-state index >= 15 is 0 Å². The molecule has 9 heteroatoms. The van der Waals surface area contributed by atoms with Crippen LogP contribution in [0.4, 0.5) is 0 Å². The summed E-state index contributed by atoms with van der Waals surface area (Å²) in [6.07, 6.45) is 4.65. The van der Waals surface area contributed by atoms with E-state index in [0.717, 1.165) is 25.7 Å². The molecular weight excluding hydrogens is 399 g/mol. The van der Waals surface area contributed by atoms with Crippen molar-refractivity contribution in [2.45, 2.75) is 49.5 Å². The number of sulfonamides is 1. The molecule has 0 bridgehead atoms. The highest BCUT2D eigenvalue weighted by atomic mass is 35.5. The third kappa shape index (κ3) is 4.02. The molecule has 2 fully saturated rings. The number of benzene rings is 1. The summed E-state index contributed by atoms with van der Waals surface area (Å²) in [5.74, 6) is -1.45. The van der Waals surface area contributed by atoms with E-state index in [-0.39, 0.29) is 22.5 Å². The lowest BCUT2D eigenvalue weighted by Gasteiger charge is -2.41. The minimum Gasteiger partial charge on any atom is -0.481 e. The fraction of sp³-hybridized carbons (Fsp3) is 0.588. The second-order valence-electron chi connectivity index (χ2n) is 6.88. The molecule has 1 aliphatic carbocycles. The molecule has 26 heavy (non-hydrogen) atoms. The molecule has 1 saturated heterocycles. The van der Waals surface area contributed by atoms with Crippen LogP contribution in [0.3, 0.4) is 0 Å². The summed E-state index contributed by atoms with van der Waals surface area (Å²) < 4.78 is 28.3. The van der Waals surface area contributed by atoms with Gasteiger partial charge in [0.2, 0.25) is 0 Å². The number of carbonyl (C=O) groups is 1. The standard InChI is InChI=1S/C17H22Cl2N2O4S/c18-13-7-8-16(15(19)10-13)26(24,25)21(14-5-1-2-6-14)20-9-3-4-12(11-20)17(22)23/h7-8,10,12,14H,1-6,9,11H2,(H,22,23). The zero-order valence-corrected chi connectivity index (χ0v) is 16.6. The van der Waals surface area contributed by atoms with E-state index in [1.54, 1.807) is 5.01 Å². The molecule has 1 heterocycles. The highest BCUT2D eigenvalue weighted by Gasteiger charge is 2.41. The number of carboxylic acid groups (broad SMARTS) is 1. The zero-order chi connectivity index (χ0) is 18.9. The second-order valence-corrected chi connectivity index (χ2v) is 9.49. The molecule has 0 amide bonds. The largest absolute Gasteiger partial charge is 0.481 e. The smallest absolute Gasteiger partial charge is 0.307 e. The average molecular weight is 421 g/mol. The van der Waals surface area contributed by atoms with Gasteiger partial charge >= 0.3 is 5.97 Å². The molecule has 3 rings (SSSR count). The summed E-state index contributed by atoms with van der Waals surface area (Å²) in [4.78, 5) is 11.4. The second kappa shape index (κ2) is 8.02. The molecule has 1 aliphatic heterocycles. The van der Waals surface area contributed by atoms with E-state index in [1.807, 2.05) is 0 Å². The Morgan fingerprint density at radius 1 is 1.15 bits per heavy atom. The van der Waals surface area contributed by atoms with Gasteiger partial charge in [0.05, 0.1) is 10.9 Å². The maximum absolute atomic E-state index is 13.4. The van der Waals surface area contributed by atoms with Crippen LogP contribution in [-0.2, 0) is 14.8 Å². The van der Waals surface area contributed by atoms with Gasteiger partial charge in [0.25, 0.3) is 10.0 Å². The number of aliphatic carboxylic acids is 1. The minimum atomic E-state index is -3.90. The lowest BCUT2D eigenvalue weighted by molar-refractivity contribution is -0.146. The van der Waals surface area contributed by atoms with Crippen molar-refractivity contribution in [3.05, 3.63) is 28.2 Å².